The number of anilines is 1. The maximum Gasteiger partial charge on any atom is 0.469 e. The topological polar surface area (TPSA) is 186 Å². The maximum absolute atomic E-state index is 13.3. The smallest absolute Gasteiger partial charge is 0.387 e. The van der Waals surface area contributed by atoms with E-state index in [1.54, 1.807) is 0 Å². The number of aliphatic hydroxyl groups is 2. The Morgan fingerprint density at radius 2 is 2.08 bits per heavy atom. The van der Waals surface area contributed by atoms with E-state index in [9.17, 15) is 19.2 Å². The van der Waals surface area contributed by atoms with Gasteiger partial charge < -0.3 is 30.5 Å². The number of phosphoric ester groups is 1. The lowest BCUT2D eigenvalue weighted by molar-refractivity contribution is -0.0504. The van der Waals surface area contributed by atoms with Crippen LogP contribution >= 0.6 is 7.82 Å². The number of hydrogen-bond acceptors (Lipinski definition) is 9. The minimum atomic E-state index is -4.78. The fraction of sp³-hybridized carbons (Fsp3) is 0.500. The van der Waals surface area contributed by atoms with Crippen molar-refractivity contribution in [3.8, 4) is 0 Å². The van der Waals surface area contributed by atoms with Gasteiger partial charge in [0.1, 0.15) is 18.3 Å². The lowest BCUT2D eigenvalue weighted by atomic mass is 10.1. The van der Waals surface area contributed by atoms with Crippen molar-refractivity contribution in [1.82, 2.24) is 19.5 Å². The summed E-state index contributed by atoms with van der Waals surface area (Å²) in [7, 11) is -4.78. The van der Waals surface area contributed by atoms with Gasteiger partial charge in [-0.25, -0.2) is 9.55 Å². The van der Waals surface area contributed by atoms with Crippen LogP contribution in [0, 0.1) is 6.08 Å². The predicted octanol–water partition coefficient (Wildman–Crippen LogP) is -1.72. The molecule has 0 aromatic carbocycles. The maximum atomic E-state index is 13.3. The van der Waals surface area contributed by atoms with Crippen LogP contribution < -0.4 is 5.73 Å². The molecule has 6 N–H and O–H groups in total. The third kappa shape index (κ3) is 3.10. The van der Waals surface area contributed by atoms with Crippen LogP contribution in [0.15, 0.2) is 6.33 Å². The van der Waals surface area contributed by atoms with Gasteiger partial charge in [-0.3, -0.25) is 9.09 Å². The van der Waals surface area contributed by atoms with E-state index in [0.717, 1.165) is 10.9 Å². The van der Waals surface area contributed by atoms with Gasteiger partial charge in [0.05, 0.1) is 12.9 Å². The number of aromatic nitrogens is 4. The summed E-state index contributed by atoms with van der Waals surface area (Å²) in [4.78, 5) is 28.1. The summed E-state index contributed by atoms with van der Waals surface area (Å²) in [5, 5.41) is 20.0. The normalized spacial score (nSPS) is 27.9. The Morgan fingerprint density at radius 3 is 2.75 bits per heavy atom. The summed E-state index contributed by atoms with van der Waals surface area (Å²) < 4.78 is 34.8. The molecule has 14 heteroatoms. The number of phosphoric acid groups is 1. The summed E-state index contributed by atoms with van der Waals surface area (Å²) in [5.74, 6) is -0.217. The Morgan fingerprint density at radius 1 is 1.38 bits per heavy atom. The van der Waals surface area contributed by atoms with Gasteiger partial charge in [0.15, 0.2) is 23.2 Å². The predicted molar refractivity (Wildman–Crippen MR) is 73.6 cm³/mol. The van der Waals surface area contributed by atoms with Crippen molar-refractivity contribution in [2.45, 2.75) is 24.5 Å². The first-order valence-electron chi connectivity index (χ1n) is 6.54. The molecule has 2 aromatic heterocycles. The van der Waals surface area contributed by atoms with E-state index in [4.69, 9.17) is 20.3 Å². The Balaban J connectivity index is 1.89. The van der Waals surface area contributed by atoms with Gasteiger partial charge in [0.25, 0.3) is 0 Å². The molecule has 3 rings (SSSR count). The van der Waals surface area contributed by atoms with Gasteiger partial charge in [-0.2, -0.15) is 14.4 Å². The van der Waals surface area contributed by atoms with Crippen LogP contribution in [-0.2, 0) is 13.8 Å². The fourth-order valence-corrected chi connectivity index (χ4v) is 2.71. The molecule has 0 unspecified atom stereocenters. The van der Waals surface area contributed by atoms with E-state index < -0.39 is 45.0 Å². The standard InChI is InChI=1S/C10H13FN5O7P/c11-10-14-7(12)4-8(15-10)16(2-13-4)9-6(18)5(17)3(23-9)1-22-24(19,20)21/h2-3,5-6,9,17-18H,1H2,(H2,12,14,15)(H2,19,20,21)/t3-,5+,6-,9-/m0/s1. The molecule has 0 saturated carbocycles. The molecule has 3 heterocycles. The van der Waals surface area contributed by atoms with Gasteiger partial charge in [-0.1, -0.05) is 0 Å². The molecule has 12 nitrogen and oxygen atoms in total. The van der Waals surface area contributed by atoms with Gasteiger partial charge in [-0.05, 0) is 0 Å². The summed E-state index contributed by atoms with van der Waals surface area (Å²) in [6.07, 6.45) is -5.46. The van der Waals surface area contributed by atoms with Crippen molar-refractivity contribution in [3.05, 3.63) is 12.4 Å². The first-order valence-corrected chi connectivity index (χ1v) is 8.07. The zero-order chi connectivity index (χ0) is 17.6. The Kier molecular flexibility index (Phi) is 4.25. The van der Waals surface area contributed by atoms with Crippen LogP contribution in [0.5, 0.6) is 0 Å². The zero-order valence-electron chi connectivity index (χ0n) is 11.8. The molecule has 1 saturated heterocycles. The lowest BCUT2D eigenvalue weighted by Crippen LogP contribution is -2.33. The molecule has 24 heavy (non-hydrogen) atoms. The molecule has 1 aliphatic heterocycles. The molecule has 0 amide bonds. The average molecular weight is 365 g/mol. The van der Waals surface area contributed by atoms with Crippen molar-refractivity contribution < 1.29 is 38.2 Å². The molecule has 0 bridgehead atoms. The lowest BCUT2D eigenvalue weighted by Gasteiger charge is -2.16. The second-order valence-corrected chi connectivity index (χ2v) is 6.27. The van der Waals surface area contributed by atoms with Crippen molar-refractivity contribution in [1.29, 1.82) is 0 Å². The highest BCUT2D eigenvalue weighted by Gasteiger charge is 2.45. The number of imidazole rings is 1. The molecule has 1 fully saturated rings. The second-order valence-electron chi connectivity index (χ2n) is 5.03. The SMILES string of the molecule is Nc1nc(F)nc2c1ncn2[C@H]1O[C@@H](COP(=O)(O)O)[C@@H](O)[C@@H]1O. The first kappa shape index (κ1) is 17.1. The molecule has 2 aromatic rings. The Labute approximate surface area is 132 Å². The van der Waals surface area contributed by atoms with Crippen LogP contribution in [-0.4, -0.2) is 64.4 Å². The van der Waals surface area contributed by atoms with Gasteiger partial charge in [0.2, 0.25) is 0 Å². The third-order valence-corrected chi connectivity index (χ3v) is 3.92. The minimum Gasteiger partial charge on any atom is -0.387 e. The highest BCUT2D eigenvalue weighted by atomic mass is 31.2. The summed E-state index contributed by atoms with van der Waals surface area (Å²) in [6.45, 7) is -0.670. The first-order chi connectivity index (χ1) is 11.2. The van der Waals surface area contributed by atoms with Gasteiger partial charge in [-0.15, -0.1) is 0 Å². The number of rotatable bonds is 4. The van der Waals surface area contributed by atoms with E-state index in [2.05, 4.69) is 19.5 Å². The van der Waals surface area contributed by atoms with E-state index in [0.29, 0.717) is 0 Å². The third-order valence-electron chi connectivity index (χ3n) is 3.44. The number of nitrogens with two attached hydrogens (primary N) is 1. The number of aliphatic hydroxyl groups excluding tert-OH is 2. The minimum absolute atomic E-state index is 0.0663. The van der Waals surface area contributed by atoms with Crippen LogP contribution in [0.2, 0.25) is 0 Å². The van der Waals surface area contributed by atoms with Crippen molar-refractivity contribution >= 4 is 24.8 Å². The number of nitrogen functional groups attached to an aromatic ring is 1. The number of hydrogen-bond donors (Lipinski definition) is 5. The fourth-order valence-electron chi connectivity index (χ4n) is 2.36. The van der Waals surface area contributed by atoms with E-state index >= 15 is 0 Å². The highest BCUT2D eigenvalue weighted by Crippen LogP contribution is 2.38. The Hall–Kier alpha value is -1.73. The molecule has 4 atom stereocenters. The van der Waals surface area contributed by atoms with Crippen molar-refractivity contribution in [2.24, 2.45) is 0 Å². The largest absolute Gasteiger partial charge is 0.469 e. The highest BCUT2D eigenvalue weighted by molar-refractivity contribution is 7.46. The van der Waals surface area contributed by atoms with Crippen LogP contribution in [0.4, 0.5) is 10.2 Å². The zero-order valence-corrected chi connectivity index (χ0v) is 12.7. The van der Waals surface area contributed by atoms with E-state index in [1.807, 2.05) is 0 Å². The van der Waals surface area contributed by atoms with Crippen molar-refractivity contribution in [3.63, 3.8) is 0 Å². The van der Waals surface area contributed by atoms with Gasteiger partial charge in [0, 0.05) is 0 Å². The van der Waals surface area contributed by atoms with Gasteiger partial charge >= 0.3 is 13.9 Å². The van der Waals surface area contributed by atoms with Crippen LogP contribution in [0.3, 0.4) is 0 Å². The number of fused-ring (bicyclic) bond motifs is 1. The molecular formula is C10H13FN5O7P. The van der Waals surface area contributed by atoms with E-state index in [-0.39, 0.29) is 17.0 Å². The number of nitrogens with zero attached hydrogens (tertiary/aromatic N) is 4. The molecule has 1 aliphatic rings. The molecular weight excluding hydrogens is 352 g/mol. The summed E-state index contributed by atoms with van der Waals surface area (Å²) in [5.41, 5.74) is 5.52. The average Bonchev–Trinajstić information content (AvgIpc) is 3.00. The quantitative estimate of drug-likeness (QED) is 0.306. The summed E-state index contributed by atoms with van der Waals surface area (Å²) in [6, 6.07) is 0. The monoisotopic (exact) mass is 365 g/mol. The second kappa shape index (κ2) is 5.97. The number of ether oxygens (including phenoxy) is 1. The van der Waals surface area contributed by atoms with Crippen molar-refractivity contribution in [2.75, 3.05) is 12.3 Å². The Bertz CT molecular complexity index is 812. The molecule has 132 valence electrons. The number of halogens is 1. The molecule has 0 spiro atoms. The molecule has 0 radical (unpaired) electrons. The molecule has 0 aliphatic carbocycles. The van der Waals surface area contributed by atoms with Crippen LogP contribution in [0.25, 0.3) is 11.2 Å². The summed E-state index contributed by atoms with van der Waals surface area (Å²) >= 11 is 0. The van der Waals surface area contributed by atoms with Crippen LogP contribution in [0.1, 0.15) is 6.23 Å². The van der Waals surface area contributed by atoms with E-state index in [1.165, 1.54) is 0 Å².